The molecule has 1 N–H and O–H groups in total. The summed E-state index contributed by atoms with van der Waals surface area (Å²) in [6.07, 6.45) is 1.70. The van der Waals surface area contributed by atoms with Gasteiger partial charge in [-0.1, -0.05) is 23.4 Å². The molecule has 2 atom stereocenters. The number of para-hydroxylation sites is 1. The number of hydrogen-bond acceptors (Lipinski definition) is 4. The molecule has 1 saturated heterocycles. The molecule has 2 aliphatic heterocycles. The zero-order chi connectivity index (χ0) is 14.2. The van der Waals surface area contributed by atoms with Crippen LogP contribution in [0.25, 0.3) is 0 Å². The molecule has 7 nitrogen and oxygen atoms in total. The fraction of sp³-hybridized carbons (Fsp3) is 0.357. The molecule has 1 aromatic carbocycles. The first kappa shape index (κ1) is 12.3. The maximum atomic E-state index is 12.3. The van der Waals surface area contributed by atoms with Gasteiger partial charge in [-0.15, -0.1) is 5.10 Å². The van der Waals surface area contributed by atoms with E-state index in [2.05, 4.69) is 15.6 Å². The van der Waals surface area contributed by atoms with Gasteiger partial charge in [0, 0.05) is 12.2 Å². The summed E-state index contributed by atoms with van der Waals surface area (Å²) in [6.45, 7) is 1.66. The molecule has 1 aromatic heterocycles. The predicted octanol–water partition coefficient (Wildman–Crippen LogP) is 1.27. The van der Waals surface area contributed by atoms with Crippen molar-refractivity contribution in [2.75, 3.05) is 18.4 Å². The highest BCUT2D eigenvalue weighted by atomic mass is 16.5. The lowest BCUT2D eigenvalue weighted by atomic mass is 10.2. The molecule has 2 aromatic rings. The zero-order valence-corrected chi connectivity index (χ0v) is 11.3. The van der Waals surface area contributed by atoms with Crippen LogP contribution in [0, 0.1) is 0 Å². The molecule has 4 rings (SSSR count). The number of carbonyl (C=O) groups excluding carboxylic acids is 1. The van der Waals surface area contributed by atoms with Gasteiger partial charge in [0.25, 0.3) is 0 Å². The Morgan fingerprint density at radius 2 is 2.14 bits per heavy atom. The average Bonchev–Trinajstić information content (AvgIpc) is 3.14. The molecule has 3 heterocycles. The van der Waals surface area contributed by atoms with Gasteiger partial charge in [0.05, 0.1) is 37.2 Å². The van der Waals surface area contributed by atoms with Crippen LogP contribution in [0.5, 0.6) is 0 Å². The average molecular weight is 285 g/mol. The molecule has 7 heteroatoms. The van der Waals surface area contributed by atoms with Crippen LogP contribution in [0.3, 0.4) is 0 Å². The first-order valence-corrected chi connectivity index (χ1v) is 6.93. The lowest BCUT2D eigenvalue weighted by molar-refractivity contribution is -0.00433. The van der Waals surface area contributed by atoms with E-state index >= 15 is 0 Å². The van der Waals surface area contributed by atoms with Crippen molar-refractivity contribution in [2.45, 2.75) is 18.8 Å². The number of ether oxygens (including phenoxy) is 1. The summed E-state index contributed by atoms with van der Waals surface area (Å²) in [6, 6.07) is 9.38. The molecule has 108 valence electrons. The first-order chi connectivity index (χ1) is 10.3. The number of hydrogen-bond donors (Lipinski definition) is 1. The molecule has 21 heavy (non-hydrogen) atoms. The number of benzene rings is 1. The van der Waals surface area contributed by atoms with Crippen LogP contribution in [-0.4, -0.2) is 45.1 Å². The van der Waals surface area contributed by atoms with E-state index in [0.717, 1.165) is 11.4 Å². The monoisotopic (exact) mass is 285 g/mol. The van der Waals surface area contributed by atoms with Crippen molar-refractivity contribution in [3.05, 3.63) is 42.2 Å². The second-order valence-electron chi connectivity index (χ2n) is 5.29. The third kappa shape index (κ3) is 2.15. The normalized spacial score (nSPS) is 23.5. The number of rotatable bonds is 1. The number of nitrogens with zero attached hydrogens (tertiary/aromatic N) is 4. The Morgan fingerprint density at radius 1 is 1.29 bits per heavy atom. The molecular formula is C14H15N5O2. The largest absolute Gasteiger partial charge is 0.368 e. The number of fused-ring (bicyclic) bond motifs is 3. The van der Waals surface area contributed by atoms with Gasteiger partial charge in [-0.2, -0.15) is 0 Å². The SMILES string of the molecule is O=C(Nc1ccccc1)N1CC2OCc3cnnn3C2C1. The van der Waals surface area contributed by atoms with Gasteiger partial charge in [-0.05, 0) is 12.1 Å². The van der Waals surface area contributed by atoms with E-state index in [1.54, 1.807) is 11.1 Å². The van der Waals surface area contributed by atoms with Crippen molar-refractivity contribution in [3.63, 3.8) is 0 Å². The number of nitrogens with one attached hydrogen (secondary N) is 1. The summed E-state index contributed by atoms with van der Waals surface area (Å²) in [7, 11) is 0. The Kier molecular flexibility index (Phi) is 2.85. The molecule has 0 bridgehead atoms. The number of carbonyl (C=O) groups is 1. The number of aromatic nitrogens is 3. The summed E-state index contributed by atoms with van der Waals surface area (Å²) in [5.41, 5.74) is 1.75. The fourth-order valence-corrected chi connectivity index (χ4v) is 2.89. The van der Waals surface area contributed by atoms with Crippen LogP contribution in [0.2, 0.25) is 0 Å². The minimum Gasteiger partial charge on any atom is -0.368 e. The van der Waals surface area contributed by atoms with Crippen LogP contribution in [0.15, 0.2) is 36.5 Å². The Balaban J connectivity index is 1.48. The van der Waals surface area contributed by atoms with Crippen molar-refractivity contribution in [1.82, 2.24) is 19.9 Å². The fourth-order valence-electron chi connectivity index (χ4n) is 2.89. The van der Waals surface area contributed by atoms with Gasteiger partial charge in [-0.3, -0.25) is 0 Å². The van der Waals surface area contributed by atoms with E-state index in [4.69, 9.17) is 4.74 Å². The van der Waals surface area contributed by atoms with Gasteiger partial charge in [0.15, 0.2) is 0 Å². The lowest BCUT2D eigenvalue weighted by Crippen LogP contribution is -2.34. The molecular weight excluding hydrogens is 270 g/mol. The lowest BCUT2D eigenvalue weighted by Gasteiger charge is -2.25. The quantitative estimate of drug-likeness (QED) is 0.856. The number of anilines is 1. The van der Waals surface area contributed by atoms with Crippen molar-refractivity contribution >= 4 is 11.7 Å². The molecule has 0 saturated carbocycles. The molecule has 2 unspecified atom stereocenters. The molecule has 0 radical (unpaired) electrons. The van der Waals surface area contributed by atoms with E-state index in [9.17, 15) is 4.79 Å². The number of likely N-dealkylation sites (tertiary alicyclic amines) is 1. The van der Waals surface area contributed by atoms with E-state index in [1.807, 2.05) is 35.0 Å². The minimum absolute atomic E-state index is 0.0132. The van der Waals surface area contributed by atoms with E-state index in [-0.39, 0.29) is 18.2 Å². The molecule has 2 aliphatic rings. The summed E-state index contributed by atoms with van der Waals surface area (Å²) in [5, 5.41) is 10.9. The van der Waals surface area contributed by atoms with Crippen molar-refractivity contribution in [3.8, 4) is 0 Å². The Labute approximate surface area is 121 Å². The smallest absolute Gasteiger partial charge is 0.322 e. The Hall–Kier alpha value is -2.41. The zero-order valence-electron chi connectivity index (χ0n) is 11.3. The highest BCUT2D eigenvalue weighted by Crippen LogP contribution is 2.30. The predicted molar refractivity (Wildman–Crippen MR) is 74.7 cm³/mol. The minimum atomic E-state index is -0.110. The number of urea groups is 1. The molecule has 0 spiro atoms. The summed E-state index contributed by atoms with van der Waals surface area (Å²) in [4.78, 5) is 14.1. The van der Waals surface area contributed by atoms with Crippen LogP contribution >= 0.6 is 0 Å². The Bertz CT molecular complexity index is 656. The highest BCUT2D eigenvalue weighted by Gasteiger charge is 2.41. The molecule has 1 fully saturated rings. The first-order valence-electron chi connectivity index (χ1n) is 6.93. The van der Waals surface area contributed by atoms with E-state index in [0.29, 0.717) is 19.7 Å². The maximum absolute atomic E-state index is 12.3. The van der Waals surface area contributed by atoms with Gasteiger partial charge in [0.1, 0.15) is 0 Å². The van der Waals surface area contributed by atoms with Crippen LogP contribution in [0.1, 0.15) is 11.7 Å². The van der Waals surface area contributed by atoms with Crippen molar-refractivity contribution in [2.24, 2.45) is 0 Å². The van der Waals surface area contributed by atoms with E-state index < -0.39 is 0 Å². The Morgan fingerprint density at radius 3 is 3.00 bits per heavy atom. The number of amides is 2. The van der Waals surface area contributed by atoms with Crippen LogP contribution in [-0.2, 0) is 11.3 Å². The molecule has 2 amide bonds. The van der Waals surface area contributed by atoms with E-state index in [1.165, 1.54) is 0 Å². The summed E-state index contributed by atoms with van der Waals surface area (Å²) >= 11 is 0. The van der Waals surface area contributed by atoms with Gasteiger partial charge in [-0.25, -0.2) is 9.48 Å². The maximum Gasteiger partial charge on any atom is 0.322 e. The van der Waals surface area contributed by atoms with Crippen molar-refractivity contribution < 1.29 is 9.53 Å². The standard InChI is InChI=1S/C14H15N5O2/c20-14(16-10-4-2-1-3-5-10)18-7-12-13(8-18)21-9-11-6-15-17-19(11)12/h1-6,12-13H,7-9H2,(H,16,20). The summed E-state index contributed by atoms with van der Waals surface area (Å²) < 4.78 is 7.67. The highest BCUT2D eigenvalue weighted by molar-refractivity contribution is 5.89. The third-order valence-corrected chi connectivity index (χ3v) is 3.96. The van der Waals surface area contributed by atoms with Gasteiger partial charge >= 0.3 is 6.03 Å². The van der Waals surface area contributed by atoms with Gasteiger partial charge < -0.3 is 15.0 Å². The third-order valence-electron chi connectivity index (χ3n) is 3.96. The molecule has 0 aliphatic carbocycles. The second kappa shape index (κ2) is 4.85. The topological polar surface area (TPSA) is 72.3 Å². The second-order valence-corrected chi connectivity index (χ2v) is 5.29. The van der Waals surface area contributed by atoms with Crippen molar-refractivity contribution in [1.29, 1.82) is 0 Å². The summed E-state index contributed by atoms with van der Waals surface area (Å²) in [5.74, 6) is 0. The van der Waals surface area contributed by atoms with Crippen LogP contribution in [0.4, 0.5) is 10.5 Å². The van der Waals surface area contributed by atoms with Crippen LogP contribution < -0.4 is 5.32 Å². The van der Waals surface area contributed by atoms with Gasteiger partial charge in [0.2, 0.25) is 0 Å².